The Morgan fingerprint density at radius 1 is 1.17 bits per heavy atom. The molecule has 1 aliphatic rings. The van der Waals surface area contributed by atoms with E-state index in [4.69, 9.17) is 10.1 Å². The van der Waals surface area contributed by atoms with Gasteiger partial charge in [0.25, 0.3) is 0 Å². The quantitative estimate of drug-likeness (QED) is 0.794. The molecule has 1 heterocycles. The van der Waals surface area contributed by atoms with Crippen molar-refractivity contribution in [2.24, 2.45) is 0 Å². The Morgan fingerprint density at radius 2 is 1.92 bits per heavy atom. The molecule has 0 radical (unpaired) electrons. The van der Waals surface area contributed by atoms with Gasteiger partial charge in [-0.15, -0.1) is 0 Å². The maximum Gasteiger partial charge on any atom is 0.118 e. The number of hydrogen-bond donors (Lipinski definition) is 1. The van der Waals surface area contributed by atoms with Crippen molar-refractivity contribution >= 4 is 11.8 Å². The van der Waals surface area contributed by atoms with Gasteiger partial charge in [0, 0.05) is 37.3 Å². The molecule has 0 aromatic heterocycles. The van der Waals surface area contributed by atoms with Gasteiger partial charge in [-0.1, -0.05) is 36.4 Å². The van der Waals surface area contributed by atoms with E-state index in [1.165, 1.54) is 11.1 Å². The van der Waals surface area contributed by atoms with Gasteiger partial charge in [0.15, 0.2) is 0 Å². The molecule has 2 aromatic rings. The standard InChI is InChI=1S/C21H24N2O/c1-16(23-12-11-18-5-3-4-6-19(18)15-23)13-20(22)14-17-7-9-21(24-2)10-8-17/h3-12,16,22H,13-15H2,1-2H3. The van der Waals surface area contributed by atoms with Gasteiger partial charge in [-0.25, -0.2) is 0 Å². The van der Waals surface area contributed by atoms with Gasteiger partial charge >= 0.3 is 0 Å². The van der Waals surface area contributed by atoms with E-state index in [2.05, 4.69) is 48.4 Å². The second kappa shape index (κ2) is 7.35. The van der Waals surface area contributed by atoms with Crippen molar-refractivity contribution in [1.29, 1.82) is 5.41 Å². The molecule has 3 heteroatoms. The molecule has 2 aromatic carbocycles. The van der Waals surface area contributed by atoms with Gasteiger partial charge < -0.3 is 15.0 Å². The summed E-state index contributed by atoms with van der Waals surface area (Å²) in [4.78, 5) is 2.32. The van der Waals surface area contributed by atoms with Crippen LogP contribution in [0.25, 0.3) is 6.08 Å². The minimum Gasteiger partial charge on any atom is -0.497 e. The van der Waals surface area contributed by atoms with Crippen LogP contribution in [0.3, 0.4) is 0 Å². The Morgan fingerprint density at radius 3 is 2.67 bits per heavy atom. The van der Waals surface area contributed by atoms with E-state index in [0.717, 1.165) is 30.0 Å². The highest BCUT2D eigenvalue weighted by atomic mass is 16.5. The molecule has 1 aliphatic heterocycles. The van der Waals surface area contributed by atoms with Crippen LogP contribution < -0.4 is 4.74 Å². The Kier molecular flexibility index (Phi) is 4.99. The summed E-state index contributed by atoms with van der Waals surface area (Å²) in [5.41, 5.74) is 4.58. The van der Waals surface area contributed by atoms with Gasteiger partial charge in [0.05, 0.1) is 7.11 Å². The maximum atomic E-state index is 8.34. The molecular formula is C21H24N2O. The molecule has 0 fully saturated rings. The van der Waals surface area contributed by atoms with Crippen molar-refractivity contribution in [3.05, 3.63) is 71.4 Å². The fourth-order valence-electron chi connectivity index (χ4n) is 3.10. The number of fused-ring (bicyclic) bond motifs is 1. The third kappa shape index (κ3) is 3.85. The van der Waals surface area contributed by atoms with E-state index >= 15 is 0 Å². The van der Waals surface area contributed by atoms with Crippen LogP contribution in [0, 0.1) is 5.41 Å². The molecule has 0 saturated carbocycles. The summed E-state index contributed by atoms with van der Waals surface area (Å²) in [5.74, 6) is 0.857. The molecule has 0 aliphatic carbocycles. The monoisotopic (exact) mass is 320 g/mol. The zero-order chi connectivity index (χ0) is 16.9. The minimum atomic E-state index is 0.320. The van der Waals surface area contributed by atoms with E-state index < -0.39 is 0 Å². The second-order valence-electron chi connectivity index (χ2n) is 6.37. The molecule has 0 bridgehead atoms. The molecule has 0 saturated heterocycles. The van der Waals surface area contributed by atoms with E-state index in [1.807, 2.05) is 24.3 Å². The topological polar surface area (TPSA) is 36.3 Å². The summed E-state index contributed by atoms with van der Waals surface area (Å²) >= 11 is 0. The van der Waals surface area contributed by atoms with Gasteiger partial charge in [0.1, 0.15) is 5.75 Å². The number of rotatable bonds is 6. The lowest BCUT2D eigenvalue weighted by Gasteiger charge is -2.31. The number of nitrogens with zero attached hydrogens (tertiary/aromatic N) is 1. The Labute approximate surface area is 144 Å². The third-order valence-electron chi connectivity index (χ3n) is 4.54. The fraction of sp³-hybridized carbons (Fsp3) is 0.286. The van der Waals surface area contributed by atoms with Crippen LogP contribution in [0.2, 0.25) is 0 Å². The molecule has 0 amide bonds. The third-order valence-corrected chi connectivity index (χ3v) is 4.54. The normalized spacial score (nSPS) is 14.2. The zero-order valence-electron chi connectivity index (χ0n) is 14.3. The first kappa shape index (κ1) is 16.3. The van der Waals surface area contributed by atoms with Crippen LogP contribution in [0.15, 0.2) is 54.7 Å². The van der Waals surface area contributed by atoms with Gasteiger partial charge in [-0.05, 0) is 41.8 Å². The first-order valence-corrected chi connectivity index (χ1v) is 8.37. The molecule has 3 rings (SSSR count). The lowest BCUT2D eigenvalue weighted by molar-refractivity contribution is 0.289. The highest BCUT2D eigenvalue weighted by Gasteiger charge is 2.17. The first-order chi connectivity index (χ1) is 11.7. The lowest BCUT2D eigenvalue weighted by Crippen LogP contribution is -2.31. The molecule has 1 atom stereocenters. The molecule has 3 nitrogen and oxygen atoms in total. The molecule has 1 unspecified atom stereocenters. The van der Waals surface area contributed by atoms with E-state index in [0.29, 0.717) is 12.5 Å². The highest BCUT2D eigenvalue weighted by Crippen LogP contribution is 2.22. The van der Waals surface area contributed by atoms with Crippen molar-refractivity contribution in [1.82, 2.24) is 4.90 Å². The number of ether oxygens (including phenoxy) is 1. The van der Waals surface area contributed by atoms with Crippen LogP contribution in [-0.2, 0) is 13.0 Å². The second-order valence-corrected chi connectivity index (χ2v) is 6.37. The SMILES string of the molecule is COc1ccc(CC(=N)CC(C)N2C=Cc3ccccc3C2)cc1. The predicted molar refractivity (Wildman–Crippen MR) is 99.5 cm³/mol. The predicted octanol–water partition coefficient (Wildman–Crippen LogP) is 4.52. The van der Waals surface area contributed by atoms with Crippen LogP contribution in [-0.4, -0.2) is 23.8 Å². The smallest absolute Gasteiger partial charge is 0.118 e. The maximum absolute atomic E-state index is 8.34. The lowest BCUT2D eigenvalue weighted by atomic mass is 9.99. The first-order valence-electron chi connectivity index (χ1n) is 8.37. The van der Waals surface area contributed by atoms with Crippen LogP contribution >= 0.6 is 0 Å². The summed E-state index contributed by atoms with van der Waals surface area (Å²) in [6, 6.07) is 16.8. The summed E-state index contributed by atoms with van der Waals surface area (Å²) in [5, 5.41) is 8.34. The Hall–Kier alpha value is -2.55. The Balaban J connectivity index is 1.56. The molecule has 124 valence electrons. The largest absolute Gasteiger partial charge is 0.497 e. The molecule has 0 spiro atoms. The van der Waals surface area contributed by atoms with Crippen molar-refractivity contribution < 1.29 is 4.74 Å². The van der Waals surface area contributed by atoms with E-state index in [1.54, 1.807) is 7.11 Å². The number of benzene rings is 2. The number of methoxy groups -OCH3 is 1. The average Bonchev–Trinajstić information content (AvgIpc) is 2.61. The van der Waals surface area contributed by atoms with Gasteiger partial charge in [0.2, 0.25) is 0 Å². The van der Waals surface area contributed by atoms with Crippen molar-refractivity contribution in [2.45, 2.75) is 32.4 Å². The highest BCUT2D eigenvalue weighted by molar-refractivity contribution is 5.84. The Bertz CT molecular complexity index is 734. The average molecular weight is 320 g/mol. The van der Waals surface area contributed by atoms with Crippen molar-refractivity contribution in [3.63, 3.8) is 0 Å². The summed E-state index contributed by atoms with van der Waals surface area (Å²) < 4.78 is 5.18. The van der Waals surface area contributed by atoms with Crippen LogP contribution in [0.1, 0.15) is 30.0 Å². The summed E-state index contributed by atoms with van der Waals surface area (Å²) in [7, 11) is 1.67. The minimum absolute atomic E-state index is 0.320. The van der Waals surface area contributed by atoms with Crippen LogP contribution in [0.5, 0.6) is 5.75 Å². The zero-order valence-corrected chi connectivity index (χ0v) is 14.3. The summed E-state index contributed by atoms with van der Waals surface area (Å²) in [6.07, 6.45) is 5.80. The summed E-state index contributed by atoms with van der Waals surface area (Å²) in [6.45, 7) is 3.12. The number of nitrogens with one attached hydrogen (secondary N) is 1. The van der Waals surface area contributed by atoms with Gasteiger partial charge in [-0.3, -0.25) is 0 Å². The van der Waals surface area contributed by atoms with E-state index in [-0.39, 0.29) is 0 Å². The number of hydrogen-bond acceptors (Lipinski definition) is 3. The molecule has 1 N–H and O–H groups in total. The van der Waals surface area contributed by atoms with Gasteiger partial charge in [-0.2, -0.15) is 0 Å². The fourth-order valence-corrected chi connectivity index (χ4v) is 3.10. The molecule has 24 heavy (non-hydrogen) atoms. The van der Waals surface area contributed by atoms with Crippen molar-refractivity contribution in [2.75, 3.05) is 7.11 Å². The van der Waals surface area contributed by atoms with Crippen LogP contribution in [0.4, 0.5) is 0 Å². The van der Waals surface area contributed by atoms with Crippen molar-refractivity contribution in [3.8, 4) is 5.75 Å². The molecular weight excluding hydrogens is 296 g/mol. The van der Waals surface area contributed by atoms with E-state index in [9.17, 15) is 0 Å².